The second kappa shape index (κ2) is 9.56. The van der Waals surface area contributed by atoms with Gasteiger partial charge in [-0.2, -0.15) is 0 Å². The van der Waals surface area contributed by atoms with Gasteiger partial charge in [-0.1, -0.05) is 36.4 Å². The summed E-state index contributed by atoms with van der Waals surface area (Å²) in [5.74, 6) is 0.719. The normalized spacial score (nSPS) is 11.1. The quantitative estimate of drug-likeness (QED) is 0.277. The van der Waals surface area contributed by atoms with Crippen molar-refractivity contribution in [1.82, 2.24) is 10.3 Å². The van der Waals surface area contributed by atoms with Crippen LogP contribution in [0, 0.1) is 0 Å². The Labute approximate surface area is 207 Å². The minimum Gasteiger partial charge on any atom is -0.490 e. The number of carbonyl (C=O) groups is 1. The van der Waals surface area contributed by atoms with Crippen molar-refractivity contribution in [2.45, 2.75) is 20.0 Å². The van der Waals surface area contributed by atoms with Crippen LogP contribution in [0.4, 0.5) is 5.69 Å². The molecule has 0 bridgehead atoms. The van der Waals surface area contributed by atoms with Crippen LogP contribution in [-0.4, -0.2) is 22.1 Å². The van der Waals surface area contributed by atoms with E-state index in [-0.39, 0.29) is 17.1 Å². The Kier molecular flexibility index (Phi) is 6.16. The van der Waals surface area contributed by atoms with Crippen LogP contribution in [-0.2, 0) is 0 Å². The van der Waals surface area contributed by atoms with Crippen LogP contribution in [0.15, 0.2) is 89.3 Å². The minimum atomic E-state index is -0.341. The highest BCUT2D eigenvalue weighted by Crippen LogP contribution is 2.28. The summed E-state index contributed by atoms with van der Waals surface area (Å²) in [4.78, 5) is 17.6. The summed E-state index contributed by atoms with van der Waals surface area (Å²) in [6.45, 7) is 3.85. The third-order valence-corrected chi connectivity index (χ3v) is 5.57. The molecule has 35 heavy (non-hydrogen) atoms. The molecule has 174 valence electrons. The molecule has 0 fully saturated rings. The monoisotopic (exact) mass is 481 g/mol. The third-order valence-electron chi connectivity index (χ3n) is 5.37. The molecule has 4 aromatic carbocycles. The van der Waals surface area contributed by atoms with Gasteiger partial charge in [0.15, 0.2) is 10.7 Å². The van der Waals surface area contributed by atoms with Crippen molar-refractivity contribution in [1.29, 1.82) is 0 Å². The molecule has 0 spiro atoms. The maximum Gasteiger partial charge on any atom is 0.261 e. The number of amides is 1. The third kappa shape index (κ3) is 5.00. The van der Waals surface area contributed by atoms with Gasteiger partial charge in [-0.15, -0.1) is 0 Å². The predicted molar refractivity (Wildman–Crippen MR) is 143 cm³/mol. The zero-order chi connectivity index (χ0) is 24.4. The molecule has 1 heterocycles. The number of ether oxygens (including phenoxy) is 1. The van der Waals surface area contributed by atoms with Crippen LogP contribution in [0.25, 0.3) is 33.3 Å². The molecule has 5 aromatic rings. The van der Waals surface area contributed by atoms with E-state index in [0.29, 0.717) is 17.2 Å². The van der Waals surface area contributed by atoms with Crippen molar-refractivity contribution in [2.24, 2.45) is 0 Å². The lowest BCUT2D eigenvalue weighted by Gasteiger charge is -2.16. The lowest BCUT2D eigenvalue weighted by atomic mass is 10.1. The van der Waals surface area contributed by atoms with Crippen LogP contribution in [0.1, 0.15) is 24.2 Å². The molecule has 0 saturated heterocycles. The first-order chi connectivity index (χ1) is 17.0. The fraction of sp³-hybridized carbons (Fsp3) is 0.107. The zero-order valence-electron chi connectivity index (χ0n) is 19.2. The summed E-state index contributed by atoms with van der Waals surface area (Å²) >= 11 is 5.39. The van der Waals surface area contributed by atoms with E-state index >= 15 is 0 Å². The standard InChI is InChI=1S/C28H23N3O3S/c1-17(2)33-25-16-20-8-4-3-7-19(20)15-22(25)26(32)31-28(35)29-21-13-11-18(12-14-21)27-30-23-9-5-6-10-24(23)34-27/h3-17H,1-2H3,(H2,29,31,32,35). The van der Waals surface area contributed by atoms with E-state index in [2.05, 4.69) is 15.6 Å². The van der Waals surface area contributed by atoms with Gasteiger partial charge in [0.2, 0.25) is 5.89 Å². The number of oxazole rings is 1. The highest BCUT2D eigenvalue weighted by molar-refractivity contribution is 7.80. The largest absolute Gasteiger partial charge is 0.490 e. The molecule has 0 saturated carbocycles. The Balaban J connectivity index is 1.30. The van der Waals surface area contributed by atoms with Gasteiger partial charge in [0.1, 0.15) is 11.3 Å². The number of nitrogens with zero attached hydrogens (tertiary/aromatic N) is 1. The summed E-state index contributed by atoms with van der Waals surface area (Å²) in [5, 5.41) is 7.94. The van der Waals surface area contributed by atoms with E-state index in [1.807, 2.05) is 98.8 Å². The molecule has 0 aliphatic heterocycles. The van der Waals surface area contributed by atoms with E-state index in [9.17, 15) is 4.79 Å². The first kappa shape index (κ1) is 22.6. The zero-order valence-corrected chi connectivity index (χ0v) is 20.1. The number of fused-ring (bicyclic) bond motifs is 2. The molecular formula is C28H23N3O3S. The van der Waals surface area contributed by atoms with E-state index < -0.39 is 0 Å². The Bertz CT molecular complexity index is 1510. The van der Waals surface area contributed by atoms with Gasteiger partial charge in [-0.3, -0.25) is 10.1 Å². The number of nitrogens with one attached hydrogen (secondary N) is 2. The number of benzene rings is 4. The highest BCUT2D eigenvalue weighted by atomic mass is 32.1. The number of aromatic nitrogens is 1. The first-order valence-electron chi connectivity index (χ1n) is 11.2. The molecule has 1 aromatic heterocycles. The molecular weight excluding hydrogens is 458 g/mol. The molecule has 5 rings (SSSR count). The lowest BCUT2D eigenvalue weighted by molar-refractivity contribution is 0.0972. The van der Waals surface area contributed by atoms with Crippen molar-refractivity contribution in [2.75, 3.05) is 5.32 Å². The summed E-state index contributed by atoms with van der Waals surface area (Å²) < 4.78 is 11.7. The van der Waals surface area contributed by atoms with Crippen molar-refractivity contribution in [3.63, 3.8) is 0 Å². The van der Waals surface area contributed by atoms with Crippen LogP contribution in [0.5, 0.6) is 5.75 Å². The van der Waals surface area contributed by atoms with Gasteiger partial charge in [-0.05, 0) is 85.4 Å². The number of hydrogen-bond donors (Lipinski definition) is 2. The summed E-state index contributed by atoms with van der Waals surface area (Å²) in [7, 11) is 0. The number of hydrogen-bond acceptors (Lipinski definition) is 5. The van der Waals surface area contributed by atoms with E-state index in [4.69, 9.17) is 21.4 Å². The molecule has 0 radical (unpaired) electrons. The maximum absolute atomic E-state index is 13.1. The van der Waals surface area contributed by atoms with Gasteiger partial charge in [-0.25, -0.2) is 4.98 Å². The van der Waals surface area contributed by atoms with Crippen molar-refractivity contribution >= 4 is 50.8 Å². The predicted octanol–water partition coefficient (Wildman–Crippen LogP) is 6.56. The van der Waals surface area contributed by atoms with Gasteiger partial charge in [0.25, 0.3) is 5.91 Å². The molecule has 0 aliphatic carbocycles. The SMILES string of the molecule is CC(C)Oc1cc2ccccc2cc1C(=O)NC(=S)Nc1ccc(-c2nc3ccccc3o2)cc1. The van der Waals surface area contributed by atoms with Gasteiger partial charge in [0.05, 0.1) is 11.7 Å². The summed E-state index contributed by atoms with van der Waals surface area (Å²) in [5.41, 5.74) is 3.54. The Hall–Kier alpha value is -4.23. The molecule has 0 unspecified atom stereocenters. The number of para-hydroxylation sites is 2. The Morgan fingerprint density at radius 2 is 1.63 bits per heavy atom. The van der Waals surface area contributed by atoms with Crippen molar-refractivity contribution in [3.8, 4) is 17.2 Å². The Morgan fingerprint density at radius 1 is 0.943 bits per heavy atom. The van der Waals surface area contributed by atoms with Gasteiger partial charge in [0, 0.05) is 11.3 Å². The molecule has 0 aliphatic rings. The van der Waals surface area contributed by atoms with Crippen LogP contribution >= 0.6 is 12.2 Å². The van der Waals surface area contributed by atoms with Crippen LogP contribution in [0.3, 0.4) is 0 Å². The number of rotatable bonds is 5. The molecule has 0 atom stereocenters. The van der Waals surface area contributed by atoms with Crippen LogP contribution in [0.2, 0.25) is 0 Å². The molecule has 2 N–H and O–H groups in total. The van der Waals surface area contributed by atoms with Crippen molar-refractivity contribution in [3.05, 3.63) is 90.5 Å². The second-order valence-corrected chi connectivity index (χ2v) is 8.74. The average Bonchev–Trinajstić information content (AvgIpc) is 3.28. The number of thiocarbonyl (C=S) groups is 1. The fourth-order valence-electron chi connectivity index (χ4n) is 3.77. The average molecular weight is 482 g/mol. The Morgan fingerprint density at radius 3 is 2.34 bits per heavy atom. The minimum absolute atomic E-state index is 0.0763. The maximum atomic E-state index is 13.1. The van der Waals surface area contributed by atoms with Crippen LogP contribution < -0.4 is 15.4 Å². The fourth-order valence-corrected chi connectivity index (χ4v) is 3.98. The van der Waals surface area contributed by atoms with Crippen molar-refractivity contribution < 1.29 is 13.9 Å². The lowest BCUT2D eigenvalue weighted by Crippen LogP contribution is -2.34. The van der Waals surface area contributed by atoms with E-state index in [1.54, 1.807) is 0 Å². The molecule has 7 heteroatoms. The molecule has 1 amide bonds. The highest BCUT2D eigenvalue weighted by Gasteiger charge is 2.17. The molecule has 6 nitrogen and oxygen atoms in total. The smallest absolute Gasteiger partial charge is 0.261 e. The number of anilines is 1. The topological polar surface area (TPSA) is 76.4 Å². The summed E-state index contributed by atoms with van der Waals surface area (Å²) in [6, 6.07) is 26.6. The number of carbonyl (C=O) groups excluding carboxylic acids is 1. The van der Waals surface area contributed by atoms with E-state index in [1.165, 1.54) is 0 Å². The first-order valence-corrected chi connectivity index (χ1v) is 11.6. The van der Waals surface area contributed by atoms with Gasteiger partial charge < -0.3 is 14.5 Å². The van der Waals surface area contributed by atoms with E-state index in [0.717, 1.165) is 33.1 Å². The van der Waals surface area contributed by atoms with Gasteiger partial charge >= 0.3 is 0 Å². The summed E-state index contributed by atoms with van der Waals surface area (Å²) in [6.07, 6.45) is -0.0763. The second-order valence-electron chi connectivity index (χ2n) is 8.33.